The summed E-state index contributed by atoms with van der Waals surface area (Å²) in [7, 11) is 0. The largest absolute Gasteiger partial charge is 0.459 e. The van der Waals surface area contributed by atoms with E-state index in [1.807, 2.05) is 24.3 Å². The number of hydrogen-bond donors (Lipinski definition) is 0. The second-order valence-electron chi connectivity index (χ2n) is 9.44. The summed E-state index contributed by atoms with van der Waals surface area (Å²) in [5.41, 5.74) is 1.69. The van der Waals surface area contributed by atoms with Crippen LogP contribution in [-0.4, -0.2) is 31.4 Å². The Hall–Kier alpha value is -1.39. The highest BCUT2D eigenvalue weighted by Gasteiger charge is 2.25. The lowest BCUT2D eigenvalue weighted by molar-refractivity contribution is -0.137. The van der Waals surface area contributed by atoms with Crippen molar-refractivity contribution < 1.29 is 19.0 Å². The van der Waals surface area contributed by atoms with E-state index >= 15 is 0 Å². The zero-order valence-electron chi connectivity index (χ0n) is 19.7. The van der Waals surface area contributed by atoms with Gasteiger partial charge in [-0.1, -0.05) is 70.9 Å². The minimum Gasteiger partial charge on any atom is -0.459 e. The normalized spacial score (nSPS) is 26.5. The molecule has 4 nitrogen and oxygen atoms in total. The number of rotatable bonds is 11. The minimum absolute atomic E-state index is 0.0459. The van der Waals surface area contributed by atoms with Crippen molar-refractivity contribution in [1.82, 2.24) is 0 Å². The van der Waals surface area contributed by atoms with E-state index in [2.05, 4.69) is 13.8 Å². The van der Waals surface area contributed by atoms with Gasteiger partial charge in [0.1, 0.15) is 12.2 Å². The molecule has 2 atom stereocenters. The quantitative estimate of drug-likeness (QED) is 0.279. The molecule has 3 rings (SSSR count). The molecule has 0 N–H and O–H groups in total. The number of carbonyl (C=O) groups is 1. The van der Waals surface area contributed by atoms with Crippen molar-refractivity contribution in [3.05, 3.63) is 35.4 Å². The fraction of sp³-hybridized carbons (Fsp3) is 0.741. The van der Waals surface area contributed by atoms with Crippen molar-refractivity contribution in [1.29, 1.82) is 0 Å². The van der Waals surface area contributed by atoms with Crippen LogP contribution in [-0.2, 0) is 14.2 Å². The Balaban J connectivity index is 1.39. The Morgan fingerprint density at radius 1 is 0.871 bits per heavy atom. The van der Waals surface area contributed by atoms with Crippen LogP contribution in [0.5, 0.6) is 0 Å². The SMILES string of the molecule is CCCCCC1CCC(OC(=O)c2ccc([C@H]3CO[C@H](CCCCC)CO3)cc2)CC1. The van der Waals surface area contributed by atoms with Gasteiger partial charge >= 0.3 is 5.97 Å². The number of carbonyl (C=O) groups excluding carboxylic acids is 1. The zero-order valence-corrected chi connectivity index (χ0v) is 19.7. The zero-order chi connectivity index (χ0) is 21.9. The van der Waals surface area contributed by atoms with Crippen molar-refractivity contribution in [2.75, 3.05) is 13.2 Å². The molecule has 1 saturated heterocycles. The van der Waals surface area contributed by atoms with Gasteiger partial charge in [-0.2, -0.15) is 0 Å². The first-order valence-corrected chi connectivity index (χ1v) is 12.7. The van der Waals surface area contributed by atoms with Crippen molar-refractivity contribution >= 4 is 5.97 Å². The summed E-state index contributed by atoms with van der Waals surface area (Å²) < 4.78 is 17.8. The van der Waals surface area contributed by atoms with Gasteiger partial charge in [-0.05, 0) is 55.7 Å². The highest BCUT2D eigenvalue weighted by atomic mass is 16.6. The van der Waals surface area contributed by atoms with Crippen LogP contribution in [0.15, 0.2) is 24.3 Å². The molecule has 1 aliphatic heterocycles. The van der Waals surface area contributed by atoms with Gasteiger partial charge in [0.15, 0.2) is 0 Å². The van der Waals surface area contributed by atoms with Gasteiger partial charge in [-0.3, -0.25) is 0 Å². The molecule has 0 bridgehead atoms. The topological polar surface area (TPSA) is 44.8 Å². The van der Waals surface area contributed by atoms with Crippen molar-refractivity contribution in [3.63, 3.8) is 0 Å². The molecule has 174 valence electrons. The number of hydrogen-bond acceptors (Lipinski definition) is 4. The lowest BCUT2D eigenvalue weighted by Crippen LogP contribution is -2.31. The van der Waals surface area contributed by atoms with Gasteiger partial charge in [0.25, 0.3) is 0 Å². The predicted octanol–water partition coefficient (Wildman–Crippen LogP) is 7.02. The van der Waals surface area contributed by atoms with Gasteiger partial charge in [0.05, 0.1) is 24.9 Å². The van der Waals surface area contributed by atoms with E-state index in [1.54, 1.807) is 0 Å². The van der Waals surface area contributed by atoms with E-state index in [0.717, 1.165) is 30.7 Å². The highest BCUT2D eigenvalue weighted by molar-refractivity contribution is 5.89. The van der Waals surface area contributed by atoms with Crippen LogP contribution in [0.2, 0.25) is 0 Å². The summed E-state index contributed by atoms with van der Waals surface area (Å²) >= 11 is 0. The molecular weight excluding hydrogens is 388 g/mol. The first kappa shape index (κ1) is 24.3. The van der Waals surface area contributed by atoms with Crippen LogP contribution in [0.4, 0.5) is 0 Å². The van der Waals surface area contributed by atoms with E-state index in [1.165, 1.54) is 57.8 Å². The third kappa shape index (κ3) is 7.91. The average molecular weight is 431 g/mol. The number of benzene rings is 1. The smallest absolute Gasteiger partial charge is 0.338 e. The first-order valence-electron chi connectivity index (χ1n) is 12.7. The Kier molecular flexibility index (Phi) is 10.3. The Bertz CT molecular complexity index is 625. The van der Waals surface area contributed by atoms with Gasteiger partial charge in [-0.15, -0.1) is 0 Å². The molecule has 4 heteroatoms. The van der Waals surface area contributed by atoms with Crippen LogP contribution in [0.3, 0.4) is 0 Å². The van der Waals surface area contributed by atoms with Crippen molar-refractivity contribution in [3.8, 4) is 0 Å². The highest BCUT2D eigenvalue weighted by Crippen LogP contribution is 2.31. The van der Waals surface area contributed by atoms with Crippen LogP contribution in [0.1, 0.15) is 113 Å². The third-order valence-electron chi connectivity index (χ3n) is 6.90. The predicted molar refractivity (Wildman–Crippen MR) is 124 cm³/mol. The second kappa shape index (κ2) is 13.2. The van der Waals surface area contributed by atoms with E-state index < -0.39 is 0 Å². The molecule has 1 heterocycles. The molecule has 2 fully saturated rings. The molecule has 2 aliphatic rings. The maximum Gasteiger partial charge on any atom is 0.338 e. The Morgan fingerprint density at radius 3 is 2.16 bits per heavy atom. The van der Waals surface area contributed by atoms with Gasteiger partial charge < -0.3 is 14.2 Å². The van der Waals surface area contributed by atoms with Gasteiger partial charge in [-0.25, -0.2) is 4.79 Å². The molecule has 0 radical (unpaired) electrons. The number of ether oxygens (including phenoxy) is 3. The maximum absolute atomic E-state index is 12.6. The molecule has 0 aromatic heterocycles. The molecule has 0 unspecified atom stereocenters. The van der Waals surface area contributed by atoms with E-state index in [-0.39, 0.29) is 24.3 Å². The molecule has 1 aromatic carbocycles. The summed E-state index contributed by atoms with van der Waals surface area (Å²) in [5, 5.41) is 0. The van der Waals surface area contributed by atoms with E-state index in [0.29, 0.717) is 18.8 Å². The fourth-order valence-corrected chi connectivity index (χ4v) is 4.80. The maximum atomic E-state index is 12.6. The summed E-state index contributed by atoms with van der Waals surface area (Å²) in [6.07, 6.45) is 14.7. The Morgan fingerprint density at radius 2 is 1.55 bits per heavy atom. The van der Waals surface area contributed by atoms with E-state index in [9.17, 15) is 4.79 Å². The summed E-state index contributed by atoms with van der Waals surface area (Å²) in [4.78, 5) is 12.6. The second-order valence-corrected chi connectivity index (χ2v) is 9.44. The molecule has 31 heavy (non-hydrogen) atoms. The lowest BCUT2D eigenvalue weighted by Gasteiger charge is -2.30. The third-order valence-corrected chi connectivity index (χ3v) is 6.90. The van der Waals surface area contributed by atoms with Crippen molar-refractivity contribution in [2.24, 2.45) is 5.92 Å². The first-order chi connectivity index (χ1) is 15.2. The van der Waals surface area contributed by atoms with Crippen LogP contribution >= 0.6 is 0 Å². The van der Waals surface area contributed by atoms with Crippen LogP contribution in [0.25, 0.3) is 0 Å². The summed E-state index contributed by atoms with van der Waals surface area (Å²) in [6.45, 7) is 5.71. The fourth-order valence-electron chi connectivity index (χ4n) is 4.80. The van der Waals surface area contributed by atoms with Crippen LogP contribution in [0, 0.1) is 5.92 Å². The molecule has 0 spiro atoms. The molecule has 0 amide bonds. The summed E-state index contributed by atoms with van der Waals surface area (Å²) in [5.74, 6) is 0.627. The Labute approximate surface area is 189 Å². The van der Waals surface area contributed by atoms with Crippen molar-refractivity contribution in [2.45, 2.75) is 109 Å². The minimum atomic E-state index is -0.196. The molecule has 1 saturated carbocycles. The number of esters is 1. The van der Waals surface area contributed by atoms with Gasteiger partial charge in [0.2, 0.25) is 0 Å². The lowest BCUT2D eigenvalue weighted by atomic mass is 9.84. The molecule has 1 aromatic rings. The molecular formula is C27H42O4. The van der Waals surface area contributed by atoms with Crippen LogP contribution < -0.4 is 0 Å². The average Bonchev–Trinajstić information content (AvgIpc) is 2.81. The monoisotopic (exact) mass is 430 g/mol. The standard InChI is InChI=1S/C27H42O4/c1-3-5-7-9-21-11-17-24(18-12-21)31-27(28)23-15-13-22(14-16-23)26-20-29-25(19-30-26)10-8-6-4-2/h13-16,21,24-26H,3-12,17-20H2,1-2H3/t21?,24?,25-,26-/m1/s1. The number of unbranched alkanes of at least 4 members (excludes halogenated alkanes) is 4. The molecule has 1 aliphatic carbocycles. The van der Waals surface area contributed by atoms with Gasteiger partial charge in [0, 0.05) is 0 Å². The summed E-state index contributed by atoms with van der Waals surface area (Å²) in [6, 6.07) is 7.69. The van der Waals surface area contributed by atoms with E-state index in [4.69, 9.17) is 14.2 Å².